The van der Waals surface area contributed by atoms with E-state index in [-0.39, 0.29) is 11.6 Å². The third-order valence-corrected chi connectivity index (χ3v) is 1.24. The molecule has 5 nitrogen and oxygen atoms in total. The highest BCUT2D eigenvalue weighted by atomic mass is 16.5. The van der Waals surface area contributed by atoms with E-state index in [0.717, 1.165) is 0 Å². The molecule has 0 spiro atoms. The summed E-state index contributed by atoms with van der Waals surface area (Å²) in [7, 11) is 3.09. The van der Waals surface area contributed by atoms with E-state index in [0.29, 0.717) is 5.69 Å². The lowest BCUT2D eigenvalue weighted by Crippen LogP contribution is -2.13. The predicted molar refractivity (Wildman–Crippen MR) is 41.0 cm³/mol. The van der Waals surface area contributed by atoms with E-state index in [2.05, 4.69) is 15.3 Å². The highest BCUT2D eigenvalue weighted by Gasteiger charge is 1.98. The maximum atomic E-state index is 11.0. The Labute approximate surface area is 63.4 Å². The molecule has 0 aromatic carbocycles. The average Bonchev–Trinajstić information content (AvgIpc) is 2.04. The van der Waals surface area contributed by atoms with Gasteiger partial charge in [0.1, 0.15) is 5.69 Å². The van der Waals surface area contributed by atoms with Crippen molar-refractivity contribution < 1.29 is 4.74 Å². The molecule has 1 aromatic rings. The van der Waals surface area contributed by atoms with Crippen LogP contribution < -0.4 is 15.6 Å². The van der Waals surface area contributed by atoms with Gasteiger partial charge in [0.15, 0.2) is 0 Å². The molecule has 60 valence electrons. The van der Waals surface area contributed by atoms with Gasteiger partial charge in [0.05, 0.1) is 13.3 Å². The summed E-state index contributed by atoms with van der Waals surface area (Å²) in [5.41, 5.74) is 0.185. The van der Waals surface area contributed by atoms with Crippen LogP contribution in [-0.4, -0.2) is 24.1 Å². The molecule has 5 heteroatoms. The SMILES string of the molecule is CNc1cnc(OC)[nH]c1=O. The molecule has 0 amide bonds. The van der Waals surface area contributed by atoms with Crippen molar-refractivity contribution in [2.24, 2.45) is 0 Å². The van der Waals surface area contributed by atoms with E-state index in [4.69, 9.17) is 4.74 Å². The fraction of sp³-hybridized carbons (Fsp3) is 0.333. The molecule has 0 bridgehead atoms. The van der Waals surface area contributed by atoms with E-state index in [1.807, 2.05) is 0 Å². The van der Waals surface area contributed by atoms with Crippen molar-refractivity contribution in [2.45, 2.75) is 0 Å². The second kappa shape index (κ2) is 3.05. The maximum Gasteiger partial charge on any atom is 0.296 e. The molecule has 2 N–H and O–H groups in total. The number of methoxy groups -OCH3 is 1. The zero-order chi connectivity index (χ0) is 8.27. The Morgan fingerprint density at radius 3 is 2.91 bits per heavy atom. The Morgan fingerprint density at radius 2 is 2.45 bits per heavy atom. The molecule has 0 aliphatic heterocycles. The van der Waals surface area contributed by atoms with Gasteiger partial charge < -0.3 is 10.1 Å². The summed E-state index contributed by atoms with van der Waals surface area (Å²) < 4.78 is 4.70. The van der Waals surface area contributed by atoms with Crippen LogP contribution in [0.25, 0.3) is 0 Å². The predicted octanol–water partition coefficient (Wildman–Crippen LogP) is -0.180. The summed E-state index contributed by atoms with van der Waals surface area (Å²) in [5, 5.41) is 2.68. The van der Waals surface area contributed by atoms with Crippen LogP contribution in [0.4, 0.5) is 5.69 Å². The first kappa shape index (κ1) is 7.59. The summed E-state index contributed by atoms with van der Waals surface area (Å²) in [6, 6.07) is 0.217. The van der Waals surface area contributed by atoms with Crippen LogP contribution in [-0.2, 0) is 0 Å². The van der Waals surface area contributed by atoms with Gasteiger partial charge in [-0.3, -0.25) is 9.78 Å². The minimum Gasteiger partial charge on any atom is -0.468 e. The summed E-state index contributed by atoms with van der Waals surface area (Å²) in [4.78, 5) is 17.2. The Balaban J connectivity index is 3.10. The van der Waals surface area contributed by atoms with Crippen molar-refractivity contribution in [1.82, 2.24) is 9.97 Å². The van der Waals surface area contributed by atoms with E-state index in [9.17, 15) is 4.79 Å². The lowest BCUT2D eigenvalue weighted by Gasteiger charge is -1.99. The molecule has 0 aliphatic carbocycles. The Morgan fingerprint density at radius 1 is 1.73 bits per heavy atom. The fourth-order valence-electron chi connectivity index (χ4n) is 0.660. The van der Waals surface area contributed by atoms with Gasteiger partial charge in [-0.05, 0) is 0 Å². The number of H-pyrrole nitrogens is 1. The molecule has 0 radical (unpaired) electrons. The summed E-state index contributed by atoms with van der Waals surface area (Å²) in [5.74, 6) is 0. The number of nitrogens with zero attached hydrogens (tertiary/aromatic N) is 1. The Kier molecular flexibility index (Phi) is 2.10. The molecule has 1 aromatic heterocycles. The third kappa shape index (κ3) is 1.49. The van der Waals surface area contributed by atoms with Crippen LogP contribution in [0.5, 0.6) is 6.01 Å². The van der Waals surface area contributed by atoms with E-state index in [1.54, 1.807) is 7.05 Å². The number of anilines is 1. The quantitative estimate of drug-likeness (QED) is 0.621. The number of ether oxygens (including phenoxy) is 1. The normalized spacial score (nSPS) is 9.27. The molecular weight excluding hydrogens is 146 g/mol. The van der Waals surface area contributed by atoms with Crippen LogP contribution in [0.15, 0.2) is 11.0 Å². The standard InChI is InChI=1S/C6H9N3O2/c1-7-4-3-8-6(11-2)9-5(4)10/h3,7H,1-2H3,(H,8,9,10). The number of aromatic amines is 1. The number of aromatic nitrogens is 2. The van der Waals surface area contributed by atoms with Crippen molar-refractivity contribution >= 4 is 5.69 Å². The van der Waals surface area contributed by atoms with Gasteiger partial charge in [-0.2, -0.15) is 0 Å². The number of nitrogens with one attached hydrogen (secondary N) is 2. The van der Waals surface area contributed by atoms with E-state index >= 15 is 0 Å². The maximum absolute atomic E-state index is 11.0. The van der Waals surface area contributed by atoms with Gasteiger partial charge in [0, 0.05) is 7.05 Å². The van der Waals surface area contributed by atoms with Crippen molar-refractivity contribution in [3.05, 3.63) is 16.6 Å². The summed E-state index contributed by atoms with van der Waals surface area (Å²) in [6.07, 6.45) is 1.41. The smallest absolute Gasteiger partial charge is 0.296 e. The van der Waals surface area contributed by atoms with E-state index < -0.39 is 0 Å². The highest BCUT2D eigenvalue weighted by Crippen LogP contribution is 1.98. The molecule has 0 atom stereocenters. The average molecular weight is 155 g/mol. The monoisotopic (exact) mass is 155 g/mol. The van der Waals surface area contributed by atoms with Crippen molar-refractivity contribution in [3.63, 3.8) is 0 Å². The minimum absolute atomic E-state index is 0.217. The fourth-order valence-corrected chi connectivity index (χ4v) is 0.660. The van der Waals surface area contributed by atoms with Crippen LogP contribution in [0, 0.1) is 0 Å². The number of hydrogen-bond donors (Lipinski definition) is 2. The molecule has 0 saturated carbocycles. The molecular formula is C6H9N3O2. The lowest BCUT2D eigenvalue weighted by molar-refractivity contribution is 0.378. The molecule has 1 rings (SSSR count). The molecule has 1 heterocycles. The third-order valence-electron chi connectivity index (χ3n) is 1.24. The molecule has 0 saturated heterocycles. The van der Waals surface area contributed by atoms with Crippen molar-refractivity contribution in [2.75, 3.05) is 19.5 Å². The van der Waals surface area contributed by atoms with Gasteiger partial charge in [-0.25, -0.2) is 4.98 Å². The minimum atomic E-state index is -0.237. The second-order valence-corrected chi connectivity index (χ2v) is 1.89. The molecule has 11 heavy (non-hydrogen) atoms. The van der Waals surface area contributed by atoms with Crippen molar-refractivity contribution in [3.8, 4) is 6.01 Å². The van der Waals surface area contributed by atoms with Crippen LogP contribution >= 0.6 is 0 Å². The van der Waals surface area contributed by atoms with Crippen LogP contribution in [0.1, 0.15) is 0 Å². The summed E-state index contributed by atoms with van der Waals surface area (Å²) in [6.45, 7) is 0. The first-order chi connectivity index (χ1) is 5.27. The zero-order valence-corrected chi connectivity index (χ0v) is 6.34. The zero-order valence-electron chi connectivity index (χ0n) is 6.34. The van der Waals surface area contributed by atoms with Gasteiger partial charge in [-0.15, -0.1) is 0 Å². The largest absolute Gasteiger partial charge is 0.468 e. The van der Waals surface area contributed by atoms with Crippen LogP contribution in [0.2, 0.25) is 0 Å². The van der Waals surface area contributed by atoms with Gasteiger partial charge in [0.2, 0.25) is 0 Å². The number of hydrogen-bond acceptors (Lipinski definition) is 4. The molecule has 0 unspecified atom stereocenters. The highest BCUT2D eigenvalue weighted by molar-refractivity contribution is 5.37. The van der Waals surface area contributed by atoms with Crippen molar-refractivity contribution in [1.29, 1.82) is 0 Å². The molecule has 0 fully saturated rings. The first-order valence-corrected chi connectivity index (χ1v) is 3.09. The number of rotatable bonds is 2. The topological polar surface area (TPSA) is 67.0 Å². The van der Waals surface area contributed by atoms with Gasteiger partial charge >= 0.3 is 0 Å². The Hall–Kier alpha value is -1.52. The summed E-state index contributed by atoms with van der Waals surface area (Å²) >= 11 is 0. The first-order valence-electron chi connectivity index (χ1n) is 3.09. The second-order valence-electron chi connectivity index (χ2n) is 1.89. The van der Waals surface area contributed by atoms with Crippen LogP contribution in [0.3, 0.4) is 0 Å². The Bertz CT molecular complexity index is 294. The van der Waals surface area contributed by atoms with Gasteiger partial charge in [0.25, 0.3) is 11.6 Å². The van der Waals surface area contributed by atoms with Gasteiger partial charge in [-0.1, -0.05) is 0 Å². The van der Waals surface area contributed by atoms with E-state index in [1.165, 1.54) is 13.3 Å². The molecule has 0 aliphatic rings. The lowest BCUT2D eigenvalue weighted by atomic mass is 10.5.